The minimum Gasteiger partial charge on any atom is -0.324 e. The summed E-state index contributed by atoms with van der Waals surface area (Å²) in [6.45, 7) is 4.92. The normalized spacial score (nSPS) is 12.4. The number of hydrogen-bond donors (Lipinski definition) is 2. The average Bonchev–Trinajstić information content (AvgIpc) is 3.29. The third kappa shape index (κ3) is 5.15. The van der Waals surface area contributed by atoms with Gasteiger partial charge >= 0.3 is 0 Å². The van der Waals surface area contributed by atoms with Crippen molar-refractivity contribution in [1.29, 1.82) is 0 Å². The first-order chi connectivity index (χ1) is 14.7. The highest BCUT2D eigenvalue weighted by Crippen LogP contribution is 2.19. The molecule has 10 heteroatoms. The molecular weight excluding hydrogens is 418 g/mol. The van der Waals surface area contributed by atoms with Crippen LogP contribution >= 0.6 is 0 Å². The summed E-state index contributed by atoms with van der Waals surface area (Å²) in [5.41, 5.74) is 1.44. The zero-order valence-electron chi connectivity index (χ0n) is 17.3. The highest BCUT2D eigenvalue weighted by molar-refractivity contribution is 7.92. The summed E-state index contributed by atoms with van der Waals surface area (Å²) in [7, 11) is -3.39. The second-order valence-electron chi connectivity index (χ2n) is 7.19. The summed E-state index contributed by atoms with van der Waals surface area (Å²) in [6, 6.07) is 11.9. The smallest absolute Gasteiger partial charge is 0.255 e. The number of nitrogens with one attached hydrogen (secondary N) is 2. The Hall–Kier alpha value is -3.53. The van der Waals surface area contributed by atoms with Crippen LogP contribution in [-0.4, -0.2) is 40.2 Å². The SMILES string of the molecule is CC(C(=O)Nc1ccc(NC(=O)c2ccc(S(=O)(=O)C(C)C)cc2)cc1)n1cncn1. The highest BCUT2D eigenvalue weighted by atomic mass is 32.2. The quantitative estimate of drug-likeness (QED) is 0.581. The first-order valence-electron chi connectivity index (χ1n) is 9.59. The summed E-state index contributed by atoms with van der Waals surface area (Å²) in [5, 5.41) is 8.92. The van der Waals surface area contributed by atoms with Crippen LogP contribution in [0, 0.1) is 0 Å². The molecule has 1 unspecified atom stereocenters. The first-order valence-corrected chi connectivity index (χ1v) is 11.1. The average molecular weight is 442 g/mol. The summed E-state index contributed by atoms with van der Waals surface area (Å²) in [4.78, 5) is 28.7. The molecule has 0 fully saturated rings. The lowest BCUT2D eigenvalue weighted by Gasteiger charge is -2.12. The molecule has 3 rings (SSSR count). The van der Waals surface area contributed by atoms with Gasteiger partial charge in [-0.1, -0.05) is 0 Å². The number of benzene rings is 2. The number of aromatic nitrogens is 3. The van der Waals surface area contributed by atoms with Crippen molar-refractivity contribution < 1.29 is 18.0 Å². The molecule has 3 aromatic rings. The number of carbonyl (C=O) groups excluding carboxylic acids is 2. The van der Waals surface area contributed by atoms with Crippen LogP contribution in [0.2, 0.25) is 0 Å². The van der Waals surface area contributed by atoms with Gasteiger partial charge in [0.05, 0.1) is 10.1 Å². The fourth-order valence-corrected chi connectivity index (χ4v) is 3.75. The van der Waals surface area contributed by atoms with Crippen molar-refractivity contribution in [2.24, 2.45) is 0 Å². The van der Waals surface area contributed by atoms with Gasteiger partial charge in [0, 0.05) is 16.9 Å². The van der Waals surface area contributed by atoms with E-state index in [2.05, 4.69) is 20.7 Å². The molecule has 1 aromatic heterocycles. The highest BCUT2D eigenvalue weighted by Gasteiger charge is 2.19. The lowest BCUT2D eigenvalue weighted by molar-refractivity contribution is -0.119. The third-order valence-corrected chi connectivity index (χ3v) is 6.86. The molecule has 9 nitrogen and oxygen atoms in total. The maximum absolute atomic E-state index is 12.4. The topological polar surface area (TPSA) is 123 Å². The first kappa shape index (κ1) is 22.2. The van der Waals surface area contributed by atoms with E-state index in [4.69, 9.17) is 0 Å². The lowest BCUT2D eigenvalue weighted by atomic mass is 10.2. The second-order valence-corrected chi connectivity index (χ2v) is 9.69. The van der Waals surface area contributed by atoms with Gasteiger partial charge in [-0.2, -0.15) is 5.10 Å². The van der Waals surface area contributed by atoms with E-state index < -0.39 is 21.1 Å². The minimum absolute atomic E-state index is 0.180. The fourth-order valence-electron chi connectivity index (χ4n) is 2.69. The van der Waals surface area contributed by atoms with Gasteiger partial charge in [-0.15, -0.1) is 0 Å². The van der Waals surface area contributed by atoms with Gasteiger partial charge in [0.1, 0.15) is 18.7 Å². The Morgan fingerprint density at radius 1 is 0.903 bits per heavy atom. The number of amides is 2. The number of carbonyl (C=O) groups is 2. The van der Waals surface area contributed by atoms with Crippen LogP contribution in [-0.2, 0) is 14.6 Å². The minimum atomic E-state index is -3.39. The maximum Gasteiger partial charge on any atom is 0.255 e. The van der Waals surface area contributed by atoms with E-state index in [-0.39, 0.29) is 16.7 Å². The van der Waals surface area contributed by atoms with Crippen molar-refractivity contribution in [3.63, 3.8) is 0 Å². The number of rotatable bonds is 7. The second kappa shape index (κ2) is 9.09. The van der Waals surface area contributed by atoms with Gasteiger partial charge in [0.25, 0.3) is 5.91 Å². The molecule has 31 heavy (non-hydrogen) atoms. The summed E-state index contributed by atoms with van der Waals surface area (Å²) < 4.78 is 25.8. The van der Waals surface area contributed by atoms with E-state index in [1.54, 1.807) is 45.0 Å². The monoisotopic (exact) mass is 441 g/mol. The molecular formula is C21H23N5O4S. The van der Waals surface area contributed by atoms with Crippen LogP contribution in [0.1, 0.15) is 37.2 Å². The zero-order chi connectivity index (χ0) is 22.6. The van der Waals surface area contributed by atoms with E-state index in [0.29, 0.717) is 16.9 Å². The van der Waals surface area contributed by atoms with Crippen molar-refractivity contribution in [2.45, 2.75) is 37.0 Å². The molecule has 0 spiro atoms. The maximum atomic E-state index is 12.4. The lowest BCUT2D eigenvalue weighted by Crippen LogP contribution is -2.24. The molecule has 0 bridgehead atoms. The number of anilines is 2. The van der Waals surface area contributed by atoms with Gasteiger partial charge < -0.3 is 10.6 Å². The van der Waals surface area contributed by atoms with Gasteiger partial charge in [-0.25, -0.2) is 18.1 Å². The van der Waals surface area contributed by atoms with Crippen molar-refractivity contribution in [3.8, 4) is 0 Å². The van der Waals surface area contributed by atoms with Gasteiger partial charge in [0.15, 0.2) is 9.84 Å². The molecule has 0 aliphatic heterocycles. The molecule has 0 aliphatic rings. The third-order valence-electron chi connectivity index (χ3n) is 4.69. The molecule has 2 aromatic carbocycles. The Morgan fingerprint density at radius 2 is 1.48 bits per heavy atom. The molecule has 2 N–H and O–H groups in total. The molecule has 0 saturated heterocycles. The van der Waals surface area contributed by atoms with Crippen molar-refractivity contribution in [1.82, 2.24) is 14.8 Å². The van der Waals surface area contributed by atoms with Crippen LogP contribution in [0.3, 0.4) is 0 Å². The summed E-state index contributed by atoms with van der Waals surface area (Å²) in [6.07, 6.45) is 2.83. The molecule has 162 valence electrons. The number of hydrogen-bond acceptors (Lipinski definition) is 6. The fraction of sp³-hybridized carbons (Fsp3) is 0.238. The van der Waals surface area contributed by atoms with E-state index in [1.807, 2.05) is 0 Å². The van der Waals surface area contributed by atoms with Crippen LogP contribution in [0.5, 0.6) is 0 Å². The van der Waals surface area contributed by atoms with Crippen LogP contribution < -0.4 is 10.6 Å². The molecule has 2 amide bonds. The molecule has 0 aliphatic carbocycles. The van der Waals surface area contributed by atoms with E-state index in [9.17, 15) is 18.0 Å². The Balaban J connectivity index is 1.62. The van der Waals surface area contributed by atoms with Crippen molar-refractivity contribution >= 4 is 33.0 Å². The Bertz CT molecular complexity index is 1160. The van der Waals surface area contributed by atoms with Crippen LogP contribution in [0.15, 0.2) is 66.1 Å². The van der Waals surface area contributed by atoms with Gasteiger partial charge in [-0.05, 0) is 69.3 Å². The van der Waals surface area contributed by atoms with E-state index in [1.165, 1.54) is 41.6 Å². The van der Waals surface area contributed by atoms with Crippen molar-refractivity contribution in [3.05, 3.63) is 66.7 Å². The van der Waals surface area contributed by atoms with Crippen LogP contribution in [0.25, 0.3) is 0 Å². The Labute approximate surface area is 180 Å². The standard InChI is InChI=1S/C21H23N5O4S/c1-14(2)31(29,30)19-10-4-16(5-11-19)21(28)25-18-8-6-17(7-9-18)24-20(27)15(3)26-13-22-12-23-26/h4-15H,1-3H3,(H,24,27)(H,25,28). The number of sulfone groups is 1. The van der Waals surface area contributed by atoms with Crippen molar-refractivity contribution in [2.75, 3.05) is 10.6 Å². The molecule has 1 heterocycles. The van der Waals surface area contributed by atoms with Crippen LogP contribution in [0.4, 0.5) is 11.4 Å². The largest absolute Gasteiger partial charge is 0.324 e. The predicted octanol–water partition coefficient (Wildman–Crippen LogP) is 2.91. The molecule has 1 atom stereocenters. The van der Waals surface area contributed by atoms with E-state index in [0.717, 1.165) is 0 Å². The summed E-state index contributed by atoms with van der Waals surface area (Å²) in [5.74, 6) is -0.621. The zero-order valence-corrected chi connectivity index (χ0v) is 18.1. The predicted molar refractivity (Wildman–Crippen MR) is 117 cm³/mol. The van der Waals surface area contributed by atoms with Gasteiger partial charge in [-0.3, -0.25) is 9.59 Å². The molecule has 0 radical (unpaired) electrons. The van der Waals surface area contributed by atoms with E-state index >= 15 is 0 Å². The Morgan fingerprint density at radius 3 is 2.00 bits per heavy atom. The Kier molecular flexibility index (Phi) is 6.50. The number of nitrogens with zero attached hydrogens (tertiary/aromatic N) is 3. The molecule has 0 saturated carbocycles. The summed E-state index contributed by atoms with van der Waals surface area (Å²) >= 11 is 0. The van der Waals surface area contributed by atoms with Gasteiger partial charge in [0.2, 0.25) is 5.91 Å².